The molecule has 6 nitrogen and oxygen atoms in total. The third-order valence-corrected chi connectivity index (χ3v) is 6.63. The van der Waals surface area contributed by atoms with Crippen LogP contribution in [0.5, 0.6) is 0 Å². The molecule has 1 aliphatic carbocycles. The summed E-state index contributed by atoms with van der Waals surface area (Å²) in [6.45, 7) is 6.43. The second-order valence-electron chi connectivity index (χ2n) is 8.35. The molecule has 4 rings (SSSR count). The van der Waals surface area contributed by atoms with Crippen molar-refractivity contribution < 1.29 is 9.59 Å². The molecule has 1 atom stereocenters. The van der Waals surface area contributed by atoms with E-state index >= 15 is 0 Å². The number of aromatic nitrogens is 2. The maximum Gasteiger partial charge on any atom is 0.242 e. The van der Waals surface area contributed by atoms with Crippen molar-refractivity contribution in [1.82, 2.24) is 19.4 Å². The number of para-hydroxylation sites is 2. The lowest BCUT2D eigenvalue weighted by atomic mass is 9.94. The van der Waals surface area contributed by atoms with E-state index in [0.717, 1.165) is 36.2 Å². The van der Waals surface area contributed by atoms with Crippen molar-refractivity contribution in [3.05, 3.63) is 30.1 Å². The lowest BCUT2D eigenvalue weighted by Crippen LogP contribution is -2.38. The van der Waals surface area contributed by atoms with Crippen molar-refractivity contribution in [2.24, 2.45) is 0 Å². The van der Waals surface area contributed by atoms with E-state index in [1.807, 2.05) is 43.0 Å². The summed E-state index contributed by atoms with van der Waals surface area (Å²) in [5.41, 5.74) is 1.88. The molecular weight excluding hydrogens is 364 g/mol. The zero-order valence-corrected chi connectivity index (χ0v) is 17.6. The highest BCUT2D eigenvalue weighted by molar-refractivity contribution is 5.83. The number of carbonyl (C=O) groups is 2. The van der Waals surface area contributed by atoms with Gasteiger partial charge in [0, 0.05) is 38.0 Å². The Balaban J connectivity index is 1.63. The first-order chi connectivity index (χ1) is 14.1. The number of imidazole rings is 1. The molecule has 1 aliphatic heterocycles. The topological polar surface area (TPSA) is 58.4 Å². The Hall–Kier alpha value is -2.37. The van der Waals surface area contributed by atoms with Gasteiger partial charge in [-0.25, -0.2) is 4.98 Å². The summed E-state index contributed by atoms with van der Waals surface area (Å²) in [6.07, 6.45) is 6.46. The minimum absolute atomic E-state index is 0.0568. The van der Waals surface area contributed by atoms with Gasteiger partial charge in [-0.1, -0.05) is 31.4 Å². The number of nitrogens with zero attached hydrogens (tertiary/aromatic N) is 4. The maximum atomic E-state index is 12.9. The zero-order valence-electron chi connectivity index (χ0n) is 17.6. The average Bonchev–Trinajstić information content (AvgIpc) is 3.30. The Morgan fingerprint density at radius 1 is 1.14 bits per heavy atom. The van der Waals surface area contributed by atoms with Crippen LogP contribution in [0.1, 0.15) is 64.1 Å². The molecule has 6 heteroatoms. The Bertz CT molecular complexity index is 880. The maximum absolute atomic E-state index is 12.9. The number of fused-ring (bicyclic) bond motifs is 1. The van der Waals surface area contributed by atoms with E-state index in [1.165, 1.54) is 19.3 Å². The summed E-state index contributed by atoms with van der Waals surface area (Å²) in [6, 6.07) is 8.37. The Morgan fingerprint density at radius 3 is 2.59 bits per heavy atom. The quantitative estimate of drug-likeness (QED) is 0.750. The van der Waals surface area contributed by atoms with Gasteiger partial charge in [-0.2, -0.15) is 0 Å². The van der Waals surface area contributed by atoms with Crippen LogP contribution < -0.4 is 0 Å². The third-order valence-electron chi connectivity index (χ3n) is 6.63. The molecule has 2 aliphatic rings. The number of carbonyl (C=O) groups excluding carboxylic acids is 2. The van der Waals surface area contributed by atoms with Gasteiger partial charge in [0.05, 0.1) is 11.0 Å². The summed E-state index contributed by atoms with van der Waals surface area (Å²) in [5.74, 6) is 1.29. The molecule has 2 amide bonds. The van der Waals surface area contributed by atoms with Crippen molar-refractivity contribution >= 4 is 22.8 Å². The summed E-state index contributed by atoms with van der Waals surface area (Å²) < 4.78 is 2.05. The number of likely N-dealkylation sites (tertiary alicyclic amines) is 1. The van der Waals surface area contributed by atoms with Crippen LogP contribution in [0.2, 0.25) is 0 Å². The molecule has 2 aromatic rings. The lowest BCUT2D eigenvalue weighted by molar-refractivity contribution is -0.131. The van der Waals surface area contributed by atoms with Crippen LogP contribution in [0.3, 0.4) is 0 Å². The minimum Gasteiger partial charge on any atom is -0.342 e. The number of hydrogen-bond acceptors (Lipinski definition) is 3. The lowest BCUT2D eigenvalue weighted by Gasteiger charge is -2.31. The normalized spacial score (nSPS) is 20.6. The van der Waals surface area contributed by atoms with E-state index in [-0.39, 0.29) is 24.3 Å². The van der Waals surface area contributed by atoms with Crippen molar-refractivity contribution in [3.8, 4) is 0 Å². The van der Waals surface area contributed by atoms with Crippen LogP contribution in [-0.4, -0.2) is 56.8 Å². The van der Waals surface area contributed by atoms with E-state index in [0.29, 0.717) is 25.6 Å². The van der Waals surface area contributed by atoms with Crippen LogP contribution in [-0.2, 0) is 16.1 Å². The highest BCUT2D eigenvalue weighted by atomic mass is 16.2. The molecule has 1 saturated heterocycles. The molecule has 1 aromatic heterocycles. The van der Waals surface area contributed by atoms with Gasteiger partial charge in [0.15, 0.2) is 0 Å². The fourth-order valence-electron chi connectivity index (χ4n) is 5.03. The van der Waals surface area contributed by atoms with Crippen molar-refractivity contribution in [2.45, 2.75) is 70.9 Å². The third kappa shape index (κ3) is 3.89. The van der Waals surface area contributed by atoms with Crippen LogP contribution >= 0.6 is 0 Å². The average molecular weight is 397 g/mol. The predicted octanol–water partition coefficient (Wildman–Crippen LogP) is 3.55. The molecule has 0 spiro atoms. The molecule has 1 aromatic carbocycles. The van der Waals surface area contributed by atoms with Gasteiger partial charge in [0.1, 0.15) is 12.4 Å². The van der Waals surface area contributed by atoms with Crippen LogP contribution in [0.25, 0.3) is 11.0 Å². The monoisotopic (exact) mass is 396 g/mol. The fourth-order valence-corrected chi connectivity index (χ4v) is 5.03. The Kier molecular flexibility index (Phi) is 5.88. The smallest absolute Gasteiger partial charge is 0.242 e. The molecule has 1 saturated carbocycles. The summed E-state index contributed by atoms with van der Waals surface area (Å²) in [5, 5.41) is 0. The van der Waals surface area contributed by atoms with Crippen molar-refractivity contribution in [3.63, 3.8) is 0 Å². The number of benzene rings is 1. The number of rotatable bonds is 6. The van der Waals surface area contributed by atoms with E-state index in [4.69, 9.17) is 4.98 Å². The zero-order chi connectivity index (χ0) is 20.4. The van der Waals surface area contributed by atoms with E-state index in [2.05, 4.69) is 9.47 Å². The van der Waals surface area contributed by atoms with Crippen LogP contribution in [0.15, 0.2) is 24.3 Å². The van der Waals surface area contributed by atoms with E-state index in [9.17, 15) is 9.59 Å². The minimum atomic E-state index is 0.0568. The summed E-state index contributed by atoms with van der Waals surface area (Å²) in [4.78, 5) is 34.5. The highest BCUT2D eigenvalue weighted by Gasteiger charge is 2.38. The first-order valence-electron chi connectivity index (χ1n) is 11.1. The van der Waals surface area contributed by atoms with Crippen molar-refractivity contribution in [2.75, 3.05) is 19.6 Å². The molecule has 2 fully saturated rings. The molecule has 0 bridgehead atoms. The second-order valence-corrected chi connectivity index (χ2v) is 8.35. The van der Waals surface area contributed by atoms with Gasteiger partial charge in [0.25, 0.3) is 0 Å². The molecule has 0 radical (unpaired) electrons. The van der Waals surface area contributed by atoms with Gasteiger partial charge >= 0.3 is 0 Å². The number of amides is 2. The number of hydrogen-bond donors (Lipinski definition) is 0. The Labute approximate surface area is 172 Å². The van der Waals surface area contributed by atoms with E-state index < -0.39 is 0 Å². The number of likely N-dealkylation sites (N-methyl/N-ethyl adjacent to an activating group) is 1. The standard InChI is InChI=1S/C23H32N4O2/c1-3-25(4-2)22(29)16-27-20-13-9-8-12-19(20)24-23(27)17-14-21(28)26(15-17)18-10-6-5-7-11-18/h8-9,12-13,17-18H,3-7,10-11,14-16H2,1-2H3. The molecule has 0 N–H and O–H groups in total. The molecular formula is C23H32N4O2. The van der Waals surface area contributed by atoms with Crippen LogP contribution in [0.4, 0.5) is 0 Å². The molecule has 2 heterocycles. The van der Waals surface area contributed by atoms with Gasteiger partial charge in [-0.05, 0) is 38.8 Å². The predicted molar refractivity (Wildman–Crippen MR) is 114 cm³/mol. The fraction of sp³-hybridized carbons (Fsp3) is 0.609. The summed E-state index contributed by atoms with van der Waals surface area (Å²) >= 11 is 0. The van der Waals surface area contributed by atoms with Crippen LogP contribution in [0, 0.1) is 0 Å². The molecule has 156 valence electrons. The van der Waals surface area contributed by atoms with E-state index in [1.54, 1.807) is 0 Å². The molecule has 1 unspecified atom stereocenters. The van der Waals surface area contributed by atoms with Gasteiger partial charge in [0.2, 0.25) is 11.8 Å². The SMILES string of the molecule is CCN(CC)C(=O)Cn1c(C2CC(=O)N(C3CCCCC3)C2)nc2ccccc21. The highest BCUT2D eigenvalue weighted by Crippen LogP contribution is 2.34. The second kappa shape index (κ2) is 8.56. The van der Waals surface area contributed by atoms with Gasteiger partial charge in [-0.15, -0.1) is 0 Å². The van der Waals surface area contributed by atoms with Gasteiger partial charge in [-0.3, -0.25) is 9.59 Å². The van der Waals surface area contributed by atoms with Crippen molar-refractivity contribution in [1.29, 1.82) is 0 Å². The van der Waals surface area contributed by atoms with Gasteiger partial charge < -0.3 is 14.4 Å². The Morgan fingerprint density at radius 2 is 1.86 bits per heavy atom. The first-order valence-corrected chi connectivity index (χ1v) is 11.1. The largest absolute Gasteiger partial charge is 0.342 e. The summed E-state index contributed by atoms with van der Waals surface area (Å²) in [7, 11) is 0. The molecule has 29 heavy (non-hydrogen) atoms. The first kappa shape index (κ1) is 19.9.